The number of carbonyl (C=O) groups is 1. The summed E-state index contributed by atoms with van der Waals surface area (Å²) in [5.41, 5.74) is 9.09. The summed E-state index contributed by atoms with van der Waals surface area (Å²) in [5, 5.41) is 0. The molecule has 1 amide bonds. The molecular weight excluding hydrogens is 212 g/mol. The average Bonchev–Trinajstić information content (AvgIpc) is 2.28. The van der Waals surface area contributed by atoms with Crippen molar-refractivity contribution in [2.45, 2.75) is 39.7 Å². The first-order valence-corrected chi connectivity index (χ1v) is 6.05. The lowest BCUT2D eigenvalue weighted by atomic mass is 10.1. The summed E-state index contributed by atoms with van der Waals surface area (Å²) in [5.74, 6) is 0.0753. The van der Waals surface area contributed by atoms with Crippen molar-refractivity contribution >= 4 is 11.6 Å². The molecule has 17 heavy (non-hydrogen) atoms. The van der Waals surface area contributed by atoms with E-state index in [0.29, 0.717) is 6.42 Å². The molecule has 1 aromatic rings. The molecule has 0 fully saturated rings. The van der Waals surface area contributed by atoms with Crippen molar-refractivity contribution < 1.29 is 4.79 Å². The van der Waals surface area contributed by atoms with E-state index in [4.69, 9.17) is 5.73 Å². The van der Waals surface area contributed by atoms with Crippen molar-refractivity contribution in [1.82, 2.24) is 0 Å². The summed E-state index contributed by atoms with van der Waals surface area (Å²) in [6.45, 7) is 6.06. The summed E-state index contributed by atoms with van der Waals surface area (Å²) >= 11 is 0. The zero-order valence-electron chi connectivity index (χ0n) is 11.2. The van der Waals surface area contributed by atoms with Crippen LogP contribution in [0.5, 0.6) is 0 Å². The highest BCUT2D eigenvalue weighted by Crippen LogP contribution is 2.20. The van der Waals surface area contributed by atoms with Crippen LogP contribution >= 0.6 is 0 Å². The number of amides is 1. The number of aryl methyl sites for hydroxylation is 2. The third kappa shape index (κ3) is 3.56. The Morgan fingerprint density at radius 2 is 2.06 bits per heavy atom. The summed E-state index contributed by atoms with van der Waals surface area (Å²) in [4.78, 5) is 13.7. The number of nitrogens with two attached hydrogens (primary N) is 1. The van der Waals surface area contributed by atoms with E-state index in [1.807, 2.05) is 40.0 Å². The molecule has 3 nitrogen and oxygen atoms in total. The van der Waals surface area contributed by atoms with E-state index in [0.717, 1.165) is 17.7 Å². The van der Waals surface area contributed by atoms with Crippen LogP contribution in [0.15, 0.2) is 18.2 Å². The average molecular weight is 234 g/mol. The third-order valence-electron chi connectivity index (χ3n) is 3.05. The van der Waals surface area contributed by atoms with Gasteiger partial charge in [-0.25, -0.2) is 0 Å². The highest BCUT2D eigenvalue weighted by molar-refractivity contribution is 5.93. The first-order valence-electron chi connectivity index (χ1n) is 6.05. The van der Waals surface area contributed by atoms with E-state index < -0.39 is 0 Å². The van der Waals surface area contributed by atoms with Crippen LogP contribution in [0, 0.1) is 13.8 Å². The summed E-state index contributed by atoms with van der Waals surface area (Å²) in [7, 11) is 1.81. The maximum atomic E-state index is 12.0. The molecule has 3 heteroatoms. The van der Waals surface area contributed by atoms with E-state index in [9.17, 15) is 4.79 Å². The molecule has 1 aromatic carbocycles. The lowest BCUT2D eigenvalue weighted by molar-refractivity contribution is -0.118. The van der Waals surface area contributed by atoms with Crippen LogP contribution in [-0.2, 0) is 4.79 Å². The minimum Gasteiger partial charge on any atom is -0.327 e. The van der Waals surface area contributed by atoms with E-state index in [-0.39, 0.29) is 11.9 Å². The minimum atomic E-state index is -0.0456. The van der Waals surface area contributed by atoms with Gasteiger partial charge < -0.3 is 10.6 Å². The molecule has 0 saturated carbocycles. The van der Waals surface area contributed by atoms with Crippen molar-refractivity contribution in [3.63, 3.8) is 0 Å². The van der Waals surface area contributed by atoms with Gasteiger partial charge in [-0.15, -0.1) is 0 Å². The predicted molar refractivity (Wildman–Crippen MR) is 72.2 cm³/mol. The molecule has 0 bridgehead atoms. The molecule has 0 saturated heterocycles. The van der Waals surface area contributed by atoms with Gasteiger partial charge in [0.1, 0.15) is 0 Å². The molecule has 94 valence electrons. The fourth-order valence-corrected chi connectivity index (χ4v) is 1.82. The Morgan fingerprint density at radius 1 is 1.41 bits per heavy atom. The second-order valence-corrected chi connectivity index (χ2v) is 4.62. The number of carbonyl (C=O) groups excluding carboxylic acids is 1. The van der Waals surface area contributed by atoms with Gasteiger partial charge in [-0.2, -0.15) is 0 Å². The summed E-state index contributed by atoms with van der Waals surface area (Å²) in [6.07, 6.45) is 1.23. The zero-order chi connectivity index (χ0) is 13.0. The lowest BCUT2D eigenvalue weighted by Gasteiger charge is -2.21. The van der Waals surface area contributed by atoms with Crippen LogP contribution in [0.25, 0.3) is 0 Å². The first kappa shape index (κ1) is 13.7. The van der Waals surface area contributed by atoms with E-state index in [2.05, 4.69) is 6.07 Å². The van der Waals surface area contributed by atoms with Gasteiger partial charge in [0.15, 0.2) is 0 Å². The number of nitrogens with zero attached hydrogens (tertiary/aromatic N) is 1. The number of rotatable bonds is 4. The van der Waals surface area contributed by atoms with Crippen LogP contribution in [0.3, 0.4) is 0 Å². The maximum Gasteiger partial charge on any atom is 0.228 e. The normalized spacial score (nSPS) is 12.3. The Labute approximate surface area is 104 Å². The number of hydrogen-bond donors (Lipinski definition) is 1. The second kappa shape index (κ2) is 5.82. The second-order valence-electron chi connectivity index (χ2n) is 4.62. The van der Waals surface area contributed by atoms with Crippen LogP contribution in [0.4, 0.5) is 5.69 Å². The van der Waals surface area contributed by atoms with Gasteiger partial charge in [0.2, 0.25) is 5.91 Å². The minimum absolute atomic E-state index is 0.0456. The van der Waals surface area contributed by atoms with Crippen molar-refractivity contribution in [2.75, 3.05) is 11.9 Å². The Hall–Kier alpha value is -1.35. The molecule has 1 rings (SSSR count). The van der Waals surface area contributed by atoms with Crippen molar-refractivity contribution in [3.8, 4) is 0 Å². The van der Waals surface area contributed by atoms with Crippen molar-refractivity contribution in [3.05, 3.63) is 29.3 Å². The van der Waals surface area contributed by atoms with Crippen molar-refractivity contribution in [1.29, 1.82) is 0 Å². The molecule has 0 heterocycles. The number of hydrogen-bond acceptors (Lipinski definition) is 2. The molecule has 0 aliphatic rings. The molecule has 2 N–H and O–H groups in total. The zero-order valence-corrected chi connectivity index (χ0v) is 11.2. The van der Waals surface area contributed by atoms with Gasteiger partial charge in [0.05, 0.1) is 0 Å². The molecule has 1 unspecified atom stereocenters. The van der Waals surface area contributed by atoms with Gasteiger partial charge in [0.25, 0.3) is 0 Å². The standard InChI is InChI=1S/C14H22N2O/c1-5-12(15)9-14(17)16(4)13-7-6-10(2)8-11(13)3/h6-8,12H,5,9,15H2,1-4H3. The van der Waals surface area contributed by atoms with E-state index in [1.54, 1.807) is 4.90 Å². The van der Waals surface area contributed by atoms with Gasteiger partial charge in [-0.1, -0.05) is 24.6 Å². The van der Waals surface area contributed by atoms with Crippen LogP contribution in [0.2, 0.25) is 0 Å². The maximum absolute atomic E-state index is 12.0. The molecule has 1 atom stereocenters. The quantitative estimate of drug-likeness (QED) is 0.869. The van der Waals surface area contributed by atoms with Gasteiger partial charge in [0, 0.05) is 25.2 Å². The third-order valence-corrected chi connectivity index (χ3v) is 3.05. The SMILES string of the molecule is CCC(N)CC(=O)N(C)c1ccc(C)cc1C. The number of anilines is 1. The van der Waals surface area contributed by atoms with Crippen LogP contribution in [-0.4, -0.2) is 19.0 Å². The highest BCUT2D eigenvalue weighted by Gasteiger charge is 2.15. The van der Waals surface area contributed by atoms with E-state index in [1.165, 1.54) is 5.56 Å². The molecule has 0 spiro atoms. The fraction of sp³-hybridized carbons (Fsp3) is 0.500. The first-order chi connectivity index (χ1) is 7.95. The summed E-state index contributed by atoms with van der Waals surface area (Å²) < 4.78 is 0. The Kier molecular flexibility index (Phi) is 4.70. The highest BCUT2D eigenvalue weighted by atomic mass is 16.2. The predicted octanol–water partition coefficient (Wildman–Crippen LogP) is 2.39. The summed E-state index contributed by atoms with van der Waals surface area (Å²) in [6, 6.07) is 6.04. The van der Waals surface area contributed by atoms with E-state index >= 15 is 0 Å². The largest absolute Gasteiger partial charge is 0.327 e. The fourth-order valence-electron chi connectivity index (χ4n) is 1.82. The molecule has 0 aliphatic carbocycles. The van der Waals surface area contributed by atoms with Gasteiger partial charge >= 0.3 is 0 Å². The van der Waals surface area contributed by atoms with Crippen LogP contribution in [0.1, 0.15) is 30.9 Å². The lowest BCUT2D eigenvalue weighted by Crippen LogP contribution is -2.33. The number of benzene rings is 1. The smallest absolute Gasteiger partial charge is 0.228 e. The molecular formula is C14H22N2O. The Bertz CT molecular complexity index is 401. The van der Waals surface area contributed by atoms with Gasteiger partial charge in [-0.3, -0.25) is 4.79 Å². The van der Waals surface area contributed by atoms with Crippen LogP contribution < -0.4 is 10.6 Å². The monoisotopic (exact) mass is 234 g/mol. The topological polar surface area (TPSA) is 46.3 Å². The van der Waals surface area contributed by atoms with Crippen molar-refractivity contribution in [2.24, 2.45) is 5.73 Å². The molecule has 0 radical (unpaired) electrons. The Balaban J connectivity index is 2.81. The van der Waals surface area contributed by atoms with Gasteiger partial charge in [-0.05, 0) is 31.9 Å². The molecule has 0 aromatic heterocycles. The molecule has 0 aliphatic heterocycles. The Morgan fingerprint density at radius 3 is 2.59 bits per heavy atom.